The molecule has 0 aliphatic carbocycles. The van der Waals surface area contributed by atoms with Crippen LogP contribution in [0, 0.1) is 0 Å². The SMILES string of the molecule is O=C([O-])Cc1nc(-c2cc3ccccc3s2)oc1-c1ccc(Cl)cc1. The molecule has 6 heteroatoms. The van der Waals surface area contributed by atoms with Gasteiger partial charge < -0.3 is 14.3 Å². The third kappa shape index (κ3) is 3.16. The van der Waals surface area contributed by atoms with Gasteiger partial charge in [0.2, 0.25) is 5.89 Å². The van der Waals surface area contributed by atoms with Gasteiger partial charge in [-0.05, 0) is 41.8 Å². The average molecular weight is 369 g/mol. The molecule has 0 spiro atoms. The number of thiophene rings is 1. The molecule has 0 fully saturated rings. The van der Waals surface area contributed by atoms with Gasteiger partial charge in [-0.25, -0.2) is 4.98 Å². The van der Waals surface area contributed by atoms with Gasteiger partial charge in [0.25, 0.3) is 0 Å². The van der Waals surface area contributed by atoms with Crippen LogP contribution in [-0.2, 0) is 11.2 Å². The van der Waals surface area contributed by atoms with Gasteiger partial charge >= 0.3 is 0 Å². The van der Waals surface area contributed by atoms with E-state index >= 15 is 0 Å². The number of hydrogen-bond acceptors (Lipinski definition) is 5. The minimum atomic E-state index is -1.20. The number of nitrogens with zero attached hydrogens (tertiary/aromatic N) is 1. The van der Waals surface area contributed by atoms with Crippen molar-refractivity contribution in [2.75, 3.05) is 0 Å². The largest absolute Gasteiger partial charge is 0.550 e. The number of hydrogen-bond donors (Lipinski definition) is 0. The molecule has 4 rings (SSSR count). The summed E-state index contributed by atoms with van der Waals surface area (Å²) < 4.78 is 7.04. The molecule has 25 heavy (non-hydrogen) atoms. The molecule has 124 valence electrons. The van der Waals surface area contributed by atoms with E-state index in [4.69, 9.17) is 16.0 Å². The van der Waals surface area contributed by atoms with E-state index in [2.05, 4.69) is 4.98 Å². The molecule has 0 saturated heterocycles. The Bertz CT molecular complexity index is 1030. The molecule has 0 atom stereocenters. The summed E-state index contributed by atoms with van der Waals surface area (Å²) in [6.45, 7) is 0. The quantitative estimate of drug-likeness (QED) is 0.542. The van der Waals surface area contributed by atoms with Crippen molar-refractivity contribution in [2.45, 2.75) is 6.42 Å². The number of halogens is 1. The van der Waals surface area contributed by atoms with Gasteiger partial charge in [0.15, 0.2) is 5.76 Å². The van der Waals surface area contributed by atoms with E-state index in [9.17, 15) is 9.90 Å². The van der Waals surface area contributed by atoms with Crippen molar-refractivity contribution in [3.05, 3.63) is 65.3 Å². The summed E-state index contributed by atoms with van der Waals surface area (Å²) in [5.74, 6) is -0.373. The minimum absolute atomic E-state index is 0.313. The highest BCUT2D eigenvalue weighted by Crippen LogP contribution is 2.36. The Morgan fingerprint density at radius 3 is 2.64 bits per heavy atom. The number of rotatable bonds is 4. The Kier molecular flexibility index (Phi) is 4.03. The highest BCUT2D eigenvalue weighted by atomic mass is 35.5. The number of carboxylic acids is 1. The van der Waals surface area contributed by atoms with E-state index in [0.29, 0.717) is 22.4 Å². The van der Waals surface area contributed by atoms with E-state index in [0.717, 1.165) is 20.5 Å². The highest BCUT2D eigenvalue weighted by Gasteiger charge is 2.18. The monoisotopic (exact) mass is 368 g/mol. The fourth-order valence-electron chi connectivity index (χ4n) is 2.63. The summed E-state index contributed by atoms with van der Waals surface area (Å²) >= 11 is 7.47. The van der Waals surface area contributed by atoms with Crippen LogP contribution in [0.15, 0.2) is 59.0 Å². The highest BCUT2D eigenvalue weighted by molar-refractivity contribution is 7.22. The molecule has 0 aliphatic rings. The van der Waals surface area contributed by atoms with Gasteiger partial charge in [0, 0.05) is 27.7 Å². The van der Waals surface area contributed by atoms with Crippen LogP contribution in [0.3, 0.4) is 0 Å². The Morgan fingerprint density at radius 1 is 1.16 bits per heavy atom. The van der Waals surface area contributed by atoms with Crippen LogP contribution >= 0.6 is 22.9 Å². The zero-order valence-electron chi connectivity index (χ0n) is 12.9. The average Bonchev–Trinajstić information content (AvgIpc) is 3.19. The minimum Gasteiger partial charge on any atom is -0.550 e. The lowest BCUT2D eigenvalue weighted by Gasteiger charge is -2.02. The van der Waals surface area contributed by atoms with E-state index in [1.807, 2.05) is 30.3 Å². The Morgan fingerprint density at radius 2 is 1.92 bits per heavy atom. The van der Waals surface area contributed by atoms with Crippen LogP contribution in [0.4, 0.5) is 0 Å². The molecule has 2 aromatic heterocycles. The fourth-order valence-corrected chi connectivity index (χ4v) is 3.74. The Labute approximate surface area is 152 Å². The summed E-state index contributed by atoms with van der Waals surface area (Å²) in [4.78, 5) is 16.3. The predicted molar refractivity (Wildman–Crippen MR) is 96.5 cm³/mol. The van der Waals surface area contributed by atoms with Crippen molar-refractivity contribution >= 4 is 39.0 Å². The molecule has 4 aromatic rings. The lowest BCUT2D eigenvalue weighted by molar-refractivity contribution is -0.304. The second kappa shape index (κ2) is 6.35. The first-order chi connectivity index (χ1) is 12.1. The van der Waals surface area contributed by atoms with Crippen LogP contribution in [0.1, 0.15) is 5.69 Å². The summed E-state index contributed by atoms with van der Waals surface area (Å²) in [6.07, 6.45) is -0.313. The van der Waals surface area contributed by atoms with E-state index in [1.165, 1.54) is 0 Å². The Hall–Kier alpha value is -2.63. The lowest BCUT2D eigenvalue weighted by atomic mass is 10.1. The van der Waals surface area contributed by atoms with E-state index in [-0.39, 0.29) is 6.42 Å². The van der Waals surface area contributed by atoms with Crippen LogP contribution in [0.5, 0.6) is 0 Å². The van der Waals surface area contributed by atoms with Gasteiger partial charge in [-0.3, -0.25) is 0 Å². The van der Waals surface area contributed by atoms with Crippen LogP contribution < -0.4 is 5.11 Å². The first-order valence-electron chi connectivity index (χ1n) is 7.54. The maximum atomic E-state index is 11.1. The number of carbonyl (C=O) groups excluding carboxylic acids is 1. The molecule has 0 amide bonds. The van der Waals surface area contributed by atoms with Crippen molar-refractivity contribution < 1.29 is 14.3 Å². The number of oxazole rings is 1. The van der Waals surface area contributed by atoms with Crippen molar-refractivity contribution in [1.29, 1.82) is 0 Å². The van der Waals surface area contributed by atoms with Crippen LogP contribution in [0.25, 0.3) is 32.2 Å². The third-order valence-corrected chi connectivity index (χ3v) is 5.11. The molecule has 0 N–H and O–H groups in total. The first-order valence-corrected chi connectivity index (χ1v) is 8.74. The summed E-state index contributed by atoms with van der Waals surface area (Å²) in [6, 6.07) is 17.0. The second-order valence-corrected chi connectivity index (χ2v) is 7.02. The topological polar surface area (TPSA) is 66.2 Å². The van der Waals surface area contributed by atoms with Gasteiger partial charge in [0.05, 0.1) is 10.6 Å². The molecule has 0 radical (unpaired) electrons. The van der Waals surface area contributed by atoms with Gasteiger partial charge in [-0.1, -0.05) is 29.8 Å². The number of aliphatic carboxylic acids is 1. The molecular weight excluding hydrogens is 358 g/mol. The molecular formula is C19H11ClNO3S-. The fraction of sp³-hybridized carbons (Fsp3) is 0.0526. The van der Waals surface area contributed by atoms with Crippen molar-refractivity contribution in [2.24, 2.45) is 0 Å². The molecule has 4 nitrogen and oxygen atoms in total. The number of fused-ring (bicyclic) bond motifs is 1. The number of benzene rings is 2. The van der Waals surface area contributed by atoms with Crippen molar-refractivity contribution in [3.63, 3.8) is 0 Å². The molecule has 0 bridgehead atoms. The van der Waals surface area contributed by atoms with Crippen molar-refractivity contribution in [3.8, 4) is 22.1 Å². The molecule has 2 aromatic carbocycles. The first kappa shape index (κ1) is 15.9. The number of carboxylic acid groups (broad SMARTS) is 1. The molecule has 2 heterocycles. The third-order valence-electron chi connectivity index (χ3n) is 3.75. The summed E-state index contributed by atoms with van der Waals surface area (Å²) in [5, 5.41) is 12.8. The zero-order valence-corrected chi connectivity index (χ0v) is 14.4. The van der Waals surface area contributed by atoms with Crippen molar-refractivity contribution in [1.82, 2.24) is 4.98 Å². The normalized spacial score (nSPS) is 11.1. The summed E-state index contributed by atoms with van der Waals surface area (Å²) in [5.41, 5.74) is 1.07. The molecule has 0 saturated carbocycles. The van der Waals surface area contributed by atoms with Crippen LogP contribution in [0.2, 0.25) is 5.02 Å². The molecule has 0 unspecified atom stereocenters. The predicted octanol–water partition coefficient (Wildman–Crippen LogP) is 4.17. The number of carbonyl (C=O) groups is 1. The summed E-state index contributed by atoms with van der Waals surface area (Å²) in [7, 11) is 0. The van der Waals surface area contributed by atoms with Crippen LogP contribution in [-0.4, -0.2) is 11.0 Å². The Balaban J connectivity index is 1.83. The molecule has 0 aliphatic heterocycles. The van der Waals surface area contributed by atoms with Gasteiger partial charge in [0.1, 0.15) is 0 Å². The maximum absolute atomic E-state index is 11.1. The van der Waals surface area contributed by atoms with E-state index < -0.39 is 5.97 Å². The van der Waals surface area contributed by atoms with Gasteiger partial charge in [-0.15, -0.1) is 11.3 Å². The second-order valence-electron chi connectivity index (χ2n) is 5.50. The number of aromatic nitrogens is 1. The maximum Gasteiger partial charge on any atom is 0.237 e. The zero-order chi connectivity index (χ0) is 17.4. The van der Waals surface area contributed by atoms with Gasteiger partial charge in [-0.2, -0.15) is 0 Å². The van der Waals surface area contributed by atoms with E-state index in [1.54, 1.807) is 35.6 Å². The lowest BCUT2D eigenvalue weighted by Crippen LogP contribution is -2.24. The standard InChI is InChI=1S/C19H12ClNO3S/c20-13-7-5-11(6-8-13)18-14(10-17(22)23)21-19(24-18)16-9-12-3-1-2-4-15(12)25-16/h1-9H,10H2,(H,22,23)/p-1. The smallest absolute Gasteiger partial charge is 0.237 e.